The van der Waals surface area contributed by atoms with E-state index in [9.17, 15) is 13.2 Å². The molecule has 2 fully saturated rings. The number of imidazole rings is 1. The van der Waals surface area contributed by atoms with Gasteiger partial charge in [-0.25, -0.2) is 13.4 Å². The van der Waals surface area contributed by atoms with E-state index in [0.29, 0.717) is 13.1 Å². The van der Waals surface area contributed by atoms with Crippen molar-refractivity contribution >= 4 is 15.9 Å². The summed E-state index contributed by atoms with van der Waals surface area (Å²) in [5, 5.41) is 3.06. The van der Waals surface area contributed by atoms with Gasteiger partial charge in [-0.05, 0) is 25.7 Å². The molecule has 1 amide bonds. The maximum atomic E-state index is 13.1. The van der Waals surface area contributed by atoms with Gasteiger partial charge in [-0.2, -0.15) is 4.31 Å². The largest absolute Gasteiger partial charge is 0.356 e. The maximum absolute atomic E-state index is 13.1. The summed E-state index contributed by atoms with van der Waals surface area (Å²) < 4.78 is 29.4. The summed E-state index contributed by atoms with van der Waals surface area (Å²) in [6.45, 7) is 1.16. The second-order valence-corrected chi connectivity index (χ2v) is 8.64. The Morgan fingerprint density at radius 1 is 1.17 bits per heavy atom. The van der Waals surface area contributed by atoms with Gasteiger partial charge in [-0.15, -0.1) is 0 Å². The Morgan fingerprint density at radius 2 is 1.96 bits per heavy atom. The molecule has 1 aliphatic heterocycles. The lowest BCUT2D eigenvalue weighted by molar-refractivity contribution is -0.125. The Balaban J connectivity index is 1.93. The van der Waals surface area contributed by atoms with Gasteiger partial charge < -0.3 is 9.88 Å². The van der Waals surface area contributed by atoms with Gasteiger partial charge in [0, 0.05) is 32.4 Å². The van der Waals surface area contributed by atoms with Gasteiger partial charge in [0.15, 0.2) is 5.03 Å². The number of nitrogens with zero attached hydrogens (tertiary/aromatic N) is 3. The first-order chi connectivity index (χ1) is 11.5. The van der Waals surface area contributed by atoms with Crippen LogP contribution in [-0.4, -0.2) is 47.3 Å². The average Bonchev–Trinajstić information content (AvgIpc) is 3.17. The zero-order valence-corrected chi connectivity index (χ0v) is 15.0. The molecule has 0 radical (unpaired) electrons. The summed E-state index contributed by atoms with van der Waals surface area (Å²) in [6.07, 6.45) is 9.17. The Labute approximate surface area is 143 Å². The van der Waals surface area contributed by atoms with Crippen LogP contribution in [0.5, 0.6) is 0 Å². The highest BCUT2D eigenvalue weighted by Crippen LogP contribution is 2.34. The number of hydrogen-bond donors (Lipinski definition) is 1. The Hall–Kier alpha value is -1.41. The van der Waals surface area contributed by atoms with Crippen molar-refractivity contribution in [1.82, 2.24) is 19.2 Å². The van der Waals surface area contributed by atoms with Crippen molar-refractivity contribution in [3.8, 4) is 0 Å². The summed E-state index contributed by atoms with van der Waals surface area (Å²) >= 11 is 0. The van der Waals surface area contributed by atoms with E-state index in [2.05, 4.69) is 10.3 Å². The maximum Gasteiger partial charge on any atom is 0.262 e. The molecule has 8 heteroatoms. The molecule has 7 nitrogen and oxygen atoms in total. The van der Waals surface area contributed by atoms with Gasteiger partial charge in [0.25, 0.3) is 10.0 Å². The number of fused-ring (bicyclic) bond motifs is 1. The van der Waals surface area contributed by atoms with Crippen molar-refractivity contribution in [2.45, 2.75) is 56.0 Å². The van der Waals surface area contributed by atoms with E-state index < -0.39 is 10.0 Å². The van der Waals surface area contributed by atoms with Crippen LogP contribution in [0, 0.1) is 5.92 Å². The van der Waals surface area contributed by atoms with Gasteiger partial charge in [-0.3, -0.25) is 4.79 Å². The van der Waals surface area contributed by atoms with Crippen molar-refractivity contribution in [2.75, 3.05) is 13.1 Å². The molecule has 1 N–H and O–H groups in total. The molecule has 1 aromatic heterocycles. The first kappa shape index (κ1) is 17.4. The van der Waals surface area contributed by atoms with E-state index in [-0.39, 0.29) is 22.9 Å². The van der Waals surface area contributed by atoms with Crippen molar-refractivity contribution in [1.29, 1.82) is 0 Å². The number of sulfonamides is 1. The standard InChI is InChI=1S/C16H26N4O3S/c1-19-11-15(18-12-19)24(22,23)20-10-5-3-2-4-9-17-16(21)13-7-6-8-14(13)20/h11-14H,2-10H2,1H3,(H,17,21)/t13-,14+/m1/s1. The lowest BCUT2D eigenvalue weighted by Crippen LogP contribution is -2.47. The fraction of sp³-hybridized carbons (Fsp3) is 0.750. The summed E-state index contributed by atoms with van der Waals surface area (Å²) in [5.74, 6) is -0.248. The number of hydrogen-bond acceptors (Lipinski definition) is 4. The molecule has 0 aromatic carbocycles. The highest BCUT2D eigenvalue weighted by Gasteiger charge is 2.42. The summed E-state index contributed by atoms with van der Waals surface area (Å²) in [4.78, 5) is 16.5. The van der Waals surface area contributed by atoms with Gasteiger partial charge in [0.1, 0.15) is 0 Å². The van der Waals surface area contributed by atoms with Gasteiger partial charge in [0.2, 0.25) is 5.91 Å². The fourth-order valence-corrected chi connectivity index (χ4v) is 5.48. The second-order valence-electron chi connectivity index (χ2n) is 6.80. The van der Waals surface area contributed by atoms with Crippen LogP contribution in [0.1, 0.15) is 44.9 Å². The third kappa shape index (κ3) is 3.49. The smallest absolute Gasteiger partial charge is 0.262 e. The van der Waals surface area contributed by atoms with Crippen LogP contribution in [0.25, 0.3) is 0 Å². The topological polar surface area (TPSA) is 84.3 Å². The van der Waals surface area contributed by atoms with E-state index in [4.69, 9.17) is 0 Å². The molecule has 0 spiro atoms. The lowest BCUT2D eigenvalue weighted by Gasteiger charge is -2.30. The molecule has 0 bridgehead atoms. The molecule has 1 saturated heterocycles. The molecular weight excluding hydrogens is 328 g/mol. The fourth-order valence-electron chi connectivity index (χ4n) is 3.79. The minimum atomic E-state index is -3.68. The van der Waals surface area contributed by atoms with Crippen molar-refractivity contribution in [3.63, 3.8) is 0 Å². The molecule has 24 heavy (non-hydrogen) atoms. The number of aromatic nitrogens is 2. The lowest BCUT2D eigenvalue weighted by atomic mass is 10.0. The van der Waals surface area contributed by atoms with Crippen molar-refractivity contribution in [3.05, 3.63) is 12.5 Å². The number of carbonyl (C=O) groups is 1. The van der Waals surface area contributed by atoms with Crippen LogP contribution in [-0.2, 0) is 21.9 Å². The van der Waals surface area contributed by atoms with Crippen LogP contribution in [0.3, 0.4) is 0 Å². The monoisotopic (exact) mass is 354 g/mol. The molecule has 2 atom stereocenters. The number of aryl methyl sites for hydroxylation is 1. The predicted octanol–water partition coefficient (Wildman–Crippen LogP) is 1.27. The number of amides is 1. The first-order valence-corrected chi connectivity index (χ1v) is 10.2. The molecule has 1 saturated carbocycles. The highest BCUT2D eigenvalue weighted by molar-refractivity contribution is 7.89. The Bertz CT molecular complexity index is 685. The predicted molar refractivity (Wildman–Crippen MR) is 89.7 cm³/mol. The minimum Gasteiger partial charge on any atom is -0.356 e. The molecule has 3 rings (SSSR count). The Kier molecular flexibility index (Phi) is 5.24. The zero-order valence-electron chi connectivity index (χ0n) is 14.1. The molecule has 134 valence electrons. The van der Waals surface area contributed by atoms with Gasteiger partial charge in [-0.1, -0.05) is 19.3 Å². The number of carbonyl (C=O) groups excluding carboxylic acids is 1. The van der Waals surface area contributed by atoms with Crippen LogP contribution in [0.2, 0.25) is 0 Å². The molecule has 0 unspecified atom stereocenters. The molecule has 1 aliphatic carbocycles. The normalized spacial score (nSPS) is 27.3. The summed E-state index contributed by atoms with van der Waals surface area (Å²) in [7, 11) is -1.92. The third-order valence-electron chi connectivity index (χ3n) is 5.04. The van der Waals surface area contributed by atoms with E-state index in [1.54, 1.807) is 15.9 Å². The van der Waals surface area contributed by atoms with E-state index >= 15 is 0 Å². The summed E-state index contributed by atoms with van der Waals surface area (Å²) in [6, 6.07) is -0.255. The molecular formula is C16H26N4O3S. The molecule has 2 aliphatic rings. The Morgan fingerprint density at radius 3 is 2.71 bits per heavy atom. The molecule has 2 heterocycles. The molecule has 1 aromatic rings. The first-order valence-electron chi connectivity index (χ1n) is 8.77. The van der Waals surface area contributed by atoms with E-state index in [0.717, 1.165) is 44.9 Å². The van der Waals surface area contributed by atoms with Gasteiger partial charge in [0.05, 0.1) is 12.2 Å². The average molecular weight is 354 g/mol. The van der Waals surface area contributed by atoms with Crippen molar-refractivity contribution in [2.24, 2.45) is 13.0 Å². The highest BCUT2D eigenvalue weighted by atomic mass is 32.2. The number of rotatable bonds is 2. The summed E-state index contributed by atoms with van der Waals surface area (Å²) in [5.41, 5.74) is 0. The van der Waals surface area contributed by atoms with Gasteiger partial charge >= 0.3 is 0 Å². The van der Waals surface area contributed by atoms with Crippen LogP contribution >= 0.6 is 0 Å². The number of nitrogens with one attached hydrogen (secondary N) is 1. The third-order valence-corrected chi connectivity index (χ3v) is 6.86. The van der Waals surface area contributed by atoms with Crippen LogP contribution in [0.4, 0.5) is 0 Å². The van der Waals surface area contributed by atoms with Crippen molar-refractivity contribution < 1.29 is 13.2 Å². The second kappa shape index (κ2) is 7.23. The quantitative estimate of drug-likeness (QED) is 0.867. The minimum absolute atomic E-state index is 0.000575. The van der Waals surface area contributed by atoms with Crippen LogP contribution < -0.4 is 5.32 Å². The van der Waals surface area contributed by atoms with Crippen LogP contribution in [0.15, 0.2) is 17.6 Å². The zero-order chi connectivity index (χ0) is 17.2. The van der Waals surface area contributed by atoms with E-state index in [1.165, 1.54) is 12.5 Å². The van der Waals surface area contributed by atoms with E-state index in [1.807, 2.05) is 0 Å². The SMILES string of the molecule is Cn1cnc(S(=O)(=O)N2CCCCCCNC(=O)[C@@H]3CCC[C@@H]32)c1.